The van der Waals surface area contributed by atoms with Crippen LogP contribution in [0, 0.1) is 5.41 Å². The van der Waals surface area contributed by atoms with Gasteiger partial charge in [-0.3, -0.25) is 0 Å². The number of rotatable bonds is 4. The molecule has 0 spiro atoms. The van der Waals surface area contributed by atoms with Gasteiger partial charge >= 0.3 is 12.0 Å². The first-order valence-corrected chi connectivity index (χ1v) is 6.35. The van der Waals surface area contributed by atoms with E-state index in [2.05, 4.69) is 17.6 Å². The molecular formula is C13H15ClN2O3. The predicted octanol–water partition coefficient (Wildman–Crippen LogP) is 2.96. The van der Waals surface area contributed by atoms with E-state index in [1.807, 2.05) is 0 Å². The van der Waals surface area contributed by atoms with Gasteiger partial charge in [0.1, 0.15) is 0 Å². The number of urea groups is 1. The summed E-state index contributed by atoms with van der Waals surface area (Å²) < 4.78 is 0. The fourth-order valence-electron chi connectivity index (χ4n) is 1.64. The molecule has 1 aromatic rings. The van der Waals surface area contributed by atoms with Gasteiger partial charge in [-0.25, -0.2) is 9.59 Å². The molecule has 0 unspecified atom stereocenters. The maximum absolute atomic E-state index is 11.7. The predicted molar refractivity (Wildman–Crippen MR) is 72.8 cm³/mol. The number of carboxylic acids is 1. The van der Waals surface area contributed by atoms with Gasteiger partial charge in [-0.1, -0.05) is 18.5 Å². The molecule has 0 radical (unpaired) electrons. The summed E-state index contributed by atoms with van der Waals surface area (Å²) in [6.45, 7) is 2.72. The van der Waals surface area contributed by atoms with Crippen molar-refractivity contribution in [2.45, 2.75) is 19.8 Å². The van der Waals surface area contributed by atoms with Crippen molar-refractivity contribution in [1.29, 1.82) is 0 Å². The lowest BCUT2D eigenvalue weighted by Crippen LogP contribution is -2.33. The molecule has 1 saturated carbocycles. The monoisotopic (exact) mass is 282 g/mol. The van der Waals surface area contributed by atoms with Gasteiger partial charge in [-0.05, 0) is 36.5 Å². The van der Waals surface area contributed by atoms with Crippen LogP contribution in [0.15, 0.2) is 18.2 Å². The number of anilines is 1. The number of amides is 2. The van der Waals surface area contributed by atoms with Gasteiger partial charge in [0.15, 0.2) is 0 Å². The van der Waals surface area contributed by atoms with Gasteiger partial charge in [0.05, 0.1) is 5.56 Å². The van der Waals surface area contributed by atoms with Gasteiger partial charge < -0.3 is 15.7 Å². The summed E-state index contributed by atoms with van der Waals surface area (Å²) in [6, 6.07) is 3.85. The standard InChI is InChI=1S/C13H15ClN2O3/c1-13(2-3-13)7-15-12(19)16-10-5-8(11(17)18)4-9(14)6-10/h4-6H,2-3,7H2,1H3,(H,17,18)(H2,15,16,19). The van der Waals surface area contributed by atoms with E-state index in [0.717, 1.165) is 12.8 Å². The van der Waals surface area contributed by atoms with Crippen molar-refractivity contribution in [3.05, 3.63) is 28.8 Å². The summed E-state index contributed by atoms with van der Waals surface area (Å²) in [4.78, 5) is 22.5. The van der Waals surface area contributed by atoms with E-state index >= 15 is 0 Å². The largest absolute Gasteiger partial charge is 0.478 e. The summed E-state index contributed by atoms with van der Waals surface area (Å²) in [6.07, 6.45) is 2.24. The lowest BCUT2D eigenvalue weighted by Gasteiger charge is -2.11. The highest BCUT2D eigenvalue weighted by atomic mass is 35.5. The van der Waals surface area contributed by atoms with Gasteiger partial charge in [0, 0.05) is 17.3 Å². The Labute approximate surface area is 116 Å². The van der Waals surface area contributed by atoms with Crippen molar-refractivity contribution < 1.29 is 14.7 Å². The molecule has 1 aliphatic rings. The number of carboxylic acid groups (broad SMARTS) is 1. The Bertz CT molecular complexity index is 527. The van der Waals surface area contributed by atoms with E-state index in [1.54, 1.807) is 0 Å². The lowest BCUT2D eigenvalue weighted by atomic mass is 10.1. The Kier molecular flexibility index (Phi) is 3.66. The van der Waals surface area contributed by atoms with Crippen LogP contribution in [0.2, 0.25) is 5.02 Å². The van der Waals surface area contributed by atoms with Gasteiger partial charge in [0.25, 0.3) is 0 Å². The van der Waals surface area contributed by atoms with Gasteiger partial charge in [0.2, 0.25) is 0 Å². The molecular weight excluding hydrogens is 268 g/mol. The number of halogens is 1. The molecule has 5 nitrogen and oxygen atoms in total. The number of carbonyl (C=O) groups excluding carboxylic acids is 1. The fraction of sp³-hybridized carbons (Fsp3) is 0.385. The van der Waals surface area contributed by atoms with Crippen LogP contribution in [0.3, 0.4) is 0 Å². The second kappa shape index (κ2) is 5.09. The SMILES string of the molecule is CC1(CNC(=O)Nc2cc(Cl)cc(C(=O)O)c2)CC1. The molecule has 1 aliphatic carbocycles. The zero-order chi connectivity index (χ0) is 14.0. The molecule has 0 saturated heterocycles. The van der Waals surface area contributed by atoms with Crippen molar-refractivity contribution in [2.24, 2.45) is 5.41 Å². The van der Waals surface area contributed by atoms with Crippen molar-refractivity contribution in [3.8, 4) is 0 Å². The summed E-state index contributed by atoms with van der Waals surface area (Å²) in [7, 11) is 0. The molecule has 6 heteroatoms. The molecule has 1 aromatic carbocycles. The van der Waals surface area contributed by atoms with E-state index in [1.165, 1.54) is 18.2 Å². The quantitative estimate of drug-likeness (QED) is 0.794. The first-order valence-electron chi connectivity index (χ1n) is 5.97. The fourth-order valence-corrected chi connectivity index (χ4v) is 1.88. The summed E-state index contributed by atoms with van der Waals surface area (Å²) in [5.74, 6) is -1.09. The highest BCUT2D eigenvalue weighted by Gasteiger charge is 2.37. The summed E-state index contributed by atoms with van der Waals surface area (Å²) in [5, 5.41) is 14.5. The van der Waals surface area contributed by atoms with Crippen LogP contribution in [0.4, 0.5) is 10.5 Å². The molecule has 2 amide bonds. The molecule has 19 heavy (non-hydrogen) atoms. The minimum atomic E-state index is -1.09. The lowest BCUT2D eigenvalue weighted by molar-refractivity contribution is 0.0697. The molecule has 3 N–H and O–H groups in total. The third-order valence-corrected chi connectivity index (χ3v) is 3.40. The minimum absolute atomic E-state index is 0.0388. The first-order chi connectivity index (χ1) is 8.88. The van der Waals surface area contributed by atoms with Gasteiger partial charge in [-0.2, -0.15) is 0 Å². The van der Waals surface area contributed by atoms with Crippen LogP contribution in [-0.4, -0.2) is 23.7 Å². The third kappa shape index (κ3) is 3.86. The number of aromatic carboxylic acids is 1. The van der Waals surface area contributed by atoms with Crippen molar-refractivity contribution >= 4 is 29.3 Å². The molecule has 0 bridgehead atoms. The number of benzene rings is 1. The van der Waals surface area contributed by atoms with E-state index in [-0.39, 0.29) is 22.0 Å². The van der Waals surface area contributed by atoms with Crippen molar-refractivity contribution in [2.75, 3.05) is 11.9 Å². The Morgan fingerprint density at radius 1 is 1.37 bits per heavy atom. The topological polar surface area (TPSA) is 78.4 Å². The molecule has 0 aromatic heterocycles. The highest BCUT2D eigenvalue weighted by Crippen LogP contribution is 2.44. The maximum atomic E-state index is 11.7. The van der Waals surface area contributed by atoms with E-state index in [4.69, 9.17) is 16.7 Å². The second-order valence-corrected chi connectivity index (χ2v) is 5.59. The number of hydrogen-bond donors (Lipinski definition) is 3. The molecule has 102 valence electrons. The van der Waals surface area contributed by atoms with Crippen LogP contribution in [0.1, 0.15) is 30.1 Å². The van der Waals surface area contributed by atoms with Crippen LogP contribution < -0.4 is 10.6 Å². The summed E-state index contributed by atoms with van der Waals surface area (Å²) >= 11 is 5.80. The number of hydrogen-bond acceptors (Lipinski definition) is 2. The number of carbonyl (C=O) groups is 2. The van der Waals surface area contributed by atoms with Crippen molar-refractivity contribution in [1.82, 2.24) is 5.32 Å². The zero-order valence-corrected chi connectivity index (χ0v) is 11.3. The molecule has 1 fully saturated rings. The van der Waals surface area contributed by atoms with E-state index in [9.17, 15) is 9.59 Å². The Hall–Kier alpha value is -1.75. The molecule has 2 rings (SSSR count). The summed E-state index contributed by atoms with van der Waals surface area (Å²) in [5.41, 5.74) is 0.623. The molecule has 0 heterocycles. The zero-order valence-electron chi connectivity index (χ0n) is 10.5. The van der Waals surface area contributed by atoms with Crippen LogP contribution in [0.25, 0.3) is 0 Å². The third-order valence-electron chi connectivity index (χ3n) is 3.18. The first kappa shape index (κ1) is 13.7. The Morgan fingerprint density at radius 3 is 2.63 bits per heavy atom. The Balaban J connectivity index is 1.97. The average Bonchev–Trinajstić information content (AvgIpc) is 3.05. The van der Waals surface area contributed by atoms with Crippen molar-refractivity contribution in [3.63, 3.8) is 0 Å². The second-order valence-electron chi connectivity index (χ2n) is 5.15. The van der Waals surface area contributed by atoms with E-state index < -0.39 is 5.97 Å². The number of nitrogens with one attached hydrogen (secondary N) is 2. The van der Waals surface area contributed by atoms with Crippen LogP contribution >= 0.6 is 11.6 Å². The molecule has 0 aliphatic heterocycles. The van der Waals surface area contributed by atoms with E-state index in [0.29, 0.717) is 12.2 Å². The van der Waals surface area contributed by atoms with Gasteiger partial charge in [-0.15, -0.1) is 0 Å². The van der Waals surface area contributed by atoms with Crippen LogP contribution in [-0.2, 0) is 0 Å². The minimum Gasteiger partial charge on any atom is -0.478 e. The average molecular weight is 283 g/mol. The Morgan fingerprint density at radius 2 is 2.05 bits per heavy atom. The highest BCUT2D eigenvalue weighted by molar-refractivity contribution is 6.31. The van der Waals surface area contributed by atoms with Crippen LogP contribution in [0.5, 0.6) is 0 Å². The maximum Gasteiger partial charge on any atom is 0.335 e. The normalized spacial score (nSPS) is 15.7. The smallest absolute Gasteiger partial charge is 0.335 e. The molecule has 0 atom stereocenters.